The summed E-state index contributed by atoms with van der Waals surface area (Å²) in [6.45, 7) is 3.85. The number of benzene rings is 1. The maximum atomic E-state index is 11.3. The lowest BCUT2D eigenvalue weighted by atomic mass is 10.1. The zero-order chi connectivity index (χ0) is 15.2. The molecule has 0 saturated carbocycles. The number of nitrogens with zero attached hydrogens (tertiary/aromatic N) is 2. The third-order valence-electron chi connectivity index (χ3n) is 3.05. The number of hydrogen-bond donors (Lipinski definition) is 0. The van der Waals surface area contributed by atoms with Crippen molar-refractivity contribution in [3.8, 4) is 11.5 Å². The van der Waals surface area contributed by atoms with E-state index in [2.05, 4.69) is 14.9 Å². The van der Waals surface area contributed by atoms with Gasteiger partial charge < -0.3 is 9.26 Å². The van der Waals surface area contributed by atoms with Gasteiger partial charge in [-0.05, 0) is 18.6 Å². The van der Waals surface area contributed by atoms with Gasteiger partial charge in [-0.15, -0.1) is 0 Å². The molecule has 0 amide bonds. The zero-order valence-corrected chi connectivity index (χ0v) is 13.1. The molecule has 0 N–H and O–H groups in total. The molecule has 21 heavy (non-hydrogen) atoms. The minimum absolute atomic E-state index is 0.136. The van der Waals surface area contributed by atoms with Gasteiger partial charge in [0.05, 0.1) is 18.8 Å². The molecular weight excluding hydrogens is 288 g/mol. The zero-order valence-electron chi connectivity index (χ0n) is 12.3. The number of rotatable bonds is 6. The van der Waals surface area contributed by atoms with Crippen LogP contribution >= 0.6 is 11.8 Å². The number of methoxy groups -OCH3 is 1. The van der Waals surface area contributed by atoms with E-state index in [1.807, 2.05) is 38.1 Å². The van der Waals surface area contributed by atoms with Crippen molar-refractivity contribution in [3.05, 3.63) is 35.7 Å². The Morgan fingerprint density at radius 1 is 1.43 bits per heavy atom. The summed E-state index contributed by atoms with van der Waals surface area (Å²) in [7, 11) is 1.40. The van der Waals surface area contributed by atoms with Crippen LogP contribution in [0.15, 0.2) is 28.8 Å². The first kappa shape index (κ1) is 15.6. The van der Waals surface area contributed by atoms with Gasteiger partial charge >= 0.3 is 5.97 Å². The first-order chi connectivity index (χ1) is 10.1. The standard InChI is InChI=1S/C15H18N2O3S/c1-10-6-4-5-7-12(10)14-16-13(17-20-14)9-21-8-11(2)15(18)19-3/h4-7,11H,8-9H2,1-3H3. The summed E-state index contributed by atoms with van der Waals surface area (Å²) in [5.74, 6) is 2.11. The molecule has 6 heteroatoms. The minimum atomic E-state index is -0.198. The fraction of sp³-hybridized carbons (Fsp3) is 0.400. The summed E-state index contributed by atoms with van der Waals surface area (Å²) >= 11 is 1.59. The minimum Gasteiger partial charge on any atom is -0.469 e. The van der Waals surface area contributed by atoms with E-state index in [-0.39, 0.29) is 11.9 Å². The van der Waals surface area contributed by atoms with Crippen LogP contribution in [0, 0.1) is 12.8 Å². The molecule has 1 atom stereocenters. The van der Waals surface area contributed by atoms with E-state index in [9.17, 15) is 4.79 Å². The van der Waals surface area contributed by atoms with Crippen LogP contribution in [-0.2, 0) is 15.3 Å². The number of aryl methyl sites for hydroxylation is 1. The molecule has 0 aliphatic carbocycles. The molecule has 0 aliphatic heterocycles. The summed E-state index contributed by atoms with van der Waals surface area (Å²) in [6.07, 6.45) is 0. The van der Waals surface area contributed by atoms with Crippen LogP contribution in [0.3, 0.4) is 0 Å². The smallest absolute Gasteiger partial charge is 0.309 e. The fourth-order valence-corrected chi connectivity index (χ4v) is 2.74. The fourth-order valence-electron chi connectivity index (χ4n) is 1.83. The number of carbonyl (C=O) groups is 1. The van der Waals surface area contributed by atoms with Gasteiger partial charge in [0.1, 0.15) is 0 Å². The monoisotopic (exact) mass is 306 g/mol. The van der Waals surface area contributed by atoms with E-state index in [4.69, 9.17) is 4.52 Å². The Labute approximate surface area is 128 Å². The van der Waals surface area contributed by atoms with Crippen molar-refractivity contribution in [1.29, 1.82) is 0 Å². The average Bonchev–Trinajstić information content (AvgIpc) is 2.95. The predicted octanol–water partition coefficient (Wildman–Crippen LogP) is 3.09. The van der Waals surface area contributed by atoms with Gasteiger partial charge in [-0.1, -0.05) is 30.3 Å². The van der Waals surface area contributed by atoms with Gasteiger partial charge in [0, 0.05) is 11.3 Å². The molecule has 0 spiro atoms. The van der Waals surface area contributed by atoms with Crippen molar-refractivity contribution >= 4 is 17.7 Å². The summed E-state index contributed by atoms with van der Waals surface area (Å²) in [5, 5.41) is 3.97. The molecular formula is C15H18N2O3S. The first-order valence-corrected chi connectivity index (χ1v) is 7.81. The van der Waals surface area contributed by atoms with Gasteiger partial charge in [-0.3, -0.25) is 4.79 Å². The lowest BCUT2D eigenvalue weighted by Crippen LogP contribution is -2.14. The van der Waals surface area contributed by atoms with Crippen molar-refractivity contribution in [1.82, 2.24) is 10.1 Å². The van der Waals surface area contributed by atoms with Crippen molar-refractivity contribution in [2.45, 2.75) is 19.6 Å². The second-order valence-corrected chi connectivity index (χ2v) is 5.80. The highest BCUT2D eigenvalue weighted by Crippen LogP contribution is 2.22. The van der Waals surface area contributed by atoms with E-state index in [0.29, 0.717) is 23.2 Å². The van der Waals surface area contributed by atoms with Gasteiger partial charge in [0.2, 0.25) is 0 Å². The molecule has 1 aromatic carbocycles. The molecule has 0 saturated heterocycles. The van der Waals surface area contributed by atoms with Crippen molar-refractivity contribution in [2.75, 3.05) is 12.9 Å². The largest absolute Gasteiger partial charge is 0.469 e. The van der Waals surface area contributed by atoms with Crippen LogP contribution in [0.2, 0.25) is 0 Å². The molecule has 5 nitrogen and oxygen atoms in total. The van der Waals surface area contributed by atoms with Crippen LogP contribution in [-0.4, -0.2) is 29.0 Å². The highest BCUT2D eigenvalue weighted by molar-refractivity contribution is 7.98. The number of carbonyl (C=O) groups excluding carboxylic acids is 1. The third-order valence-corrected chi connectivity index (χ3v) is 4.24. The van der Waals surface area contributed by atoms with Gasteiger partial charge in [0.25, 0.3) is 5.89 Å². The second-order valence-electron chi connectivity index (χ2n) is 4.77. The van der Waals surface area contributed by atoms with Crippen LogP contribution in [0.25, 0.3) is 11.5 Å². The number of hydrogen-bond acceptors (Lipinski definition) is 6. The van der Waals surface area contributed by atoms with Crippen LogP contribution < -0.4 is 0 Å². The Kier molecular flexibility index (Phi) is 5.38. The Balaban J connectivity index is 1.92. The van der Waals surface area contributed by atoms with E-state index in [1.165, 1.54) is 7.11 Å². The summed E-state index contributed by atoms with van der Waals surface area (Å²) in [5.41, 5.74) is 2.05. The van der Waals surface area contributed by atoms with Crippen LogP contribution in [0.1, 0.15) is 18.3 Å². The Bertz CT molecular complexity index is 612. The van der Waals surface area contributed by atoms with Crippen molar-refractivity contribution in [2.24, 2.45) is 5.92 Å². The summed E-state index contributed by atoms with van der Waals surface area (Å²) in [6, 6.07) is 7.88. The topological polar surface area (TPSA) is 65.2 Å². The molecule has 2 rings (SSSR count). The van der Waals surface area contributed by atoms with E-state index >= 15 is 0 Å². The predicted molar refractivity (Wildman–Crippen MR) is 81.8 cm³/mol. The number of aromatic nitrogens is 2. The lowest BCUT2D eigenvalue weighted by Gasteiger charge is -2.06. The number of ether oxygens (including phenoxy) is 1. The van der Waals surface area contributed by atoms with E-state index < -0.39 is 0 Å². The van der Waals surface area contributed by atoms with Gasteiger partial charge in [-0.2, -0.15) is 16.7 Å². The molecule has 0 bridgehead atoms. The summed E-state index contributed by atoms with van der Waals surface area (Å²) in [4.78, 5) is 15.7. The normalized spacial score (nSPS) is 12.1. The quantitative estimate of drug-likeness (QED) is 0.764. The highest BCUT2D eigenvalue weighted by Gasteiger charge is 2.14. The van der Waals surface area contributed by atoms with Crippen molar-refractivity contribution < 1.29 is 14.1 Å². The third kappa shape index (κ3) is 4.07. The van der Waals surface area contributed by atoms with Crippen LogP contribution in [0.5, 0.6) is 0 Å². The molecule has 112 valence electrons. The summed E-state index contributed by atoms with van der Waals surface area (Å²) < 4.78 is 9.98. The molecule has 0 aliphatic rings. The first-order valence-electron chi connectivity index (χ1n) is 6.66. The maximum Gasteiger partial charge on any atom is 0.309 e. The second kappa shape index (κ2) is 7.26. The SMILES string of the molecule is COC(=O)C(C)CSCc1noc(-c2ccccc2C)n1. The Morgan fingerprint density at radius 2 is 2.19 bits per heavy atom. The molecule has 1 aromatic heterocycles. The molecule has 0 fully saturated rings. The molecule has 1 heterocycles. The average molecular weight is 306 g/mol. The van der Waals surface area contributed by atoms with Crippen molar-refractivity contribution in [3.63, 3.8) is 0 Å². The van der Waals surface area contributed by atoms with E-state index in [1.54, 1.807) is 11.8 Å². The Morgan fingerprint density at radius 3 is 2.90 bits per heavy atom. The highest BCUT2D eigenvalue weighted by atomic mass is 32.2. The Hall–Kier alpha value is -1.82. The lowest BCUT2D eigenvalue weighted by molar-refractivity contribution is -0.143. The molecule has 2 aromatic rings. The molecule has 1 unspecified atom stereocenters. The van der Waals surface area contributed by atoms with Crippen LogP contribution in [0.4, 0.5) is 0 Å². The number of thioether (sulfide) groups is 1. The molecule has 0 radical (unpaired) electrons. The van der Waals surface area contributed by atoms with Gasteiger partial charge in [0.15, 0.2) is 5.82 Å². The maximum absolute atomic E-state index is 11.3. The van der Waals surface area contributed by atoms with Gasteiger partial charge in [-0.25, -0.2) is 0 Å². The number of esters is 1. The van der Waals surface area contributed by atoms with E-state index in [0.717, 1.165) is 11.1 Å².